The maximum atomic E-state index is 9.25. The SMILES string of the molecule is NCc1sccc1-c1ccccc1CO. The van der Waals surface area contributed by atoms with Gasteiger partial charge >= 0.3 is 0 Å². The predicted molar refractivity (Wildman–Crippen MR) is 63.6 cm³/mol. The van der Waals surface area contributed by atoms with E-state index < -0.39 is 0 Å². The first-order chi connectivity index (χ1) is 7.36. The Morgan fingerprint density at radius 1 is 1.13 bits per heavy atom. The van der Waals surface area contributed by atoms with Crippen molar-refractivity contribution < 1.29 is 5.11 Å². The molecule has 2 nitrogen and oxygen atoms in total. The van der Waals surface area contributed by atoms with Crippen LogP contribution in [0, 0.1) is 0 Å². The molecule has 0 aliphatic carbocycles. The molecule has 0 saturated carbocycles. The molecule has 0 fully saturated rings. The van der Waals surface area contributed by atoms with E-state index in [2.05, 4.69) is 6.07 Å². The van der Waals surface area contributed by atoms with Gasteiger partial charge in [0.25, 0.3) is 0 Å². The standard InChI is InChI=1S/C12H13NOS/c13-7-12-11(5-6-15-12)10-4-2-1-3-9(10)8-14/h1-6,14H,7-8,13H2. The Bertz CT molecular complexity index is 450. The summed E-state index contributed by atoms with van der Waals surface area (Å²) < 4.78 is 0. The van der Waals surface area contributed by atoms with Crippen LogP contribution in [0.4, 0.5) is 0 Å². The molecule has 0 amide bonds. The Morgan fingerprint density at radius 2 is 1.93 bits per heavy atom. The van der Waals surface area contributed by atoms with Crippen molar-refractivity contribution in [2.24, 2.45) is 5.73 Å². The number of benzene rings is 1. The fourth-order valence-corrected chi connectivity index (χ4v) is 2.43. The summed E-state index contributed by atoms with van der Waals surface area (Å²) in [5.41, 5.74) is 8.85. The molecule has 2 rings (SSSR count). The van der Waals surface area contributed by atoms with Crippen LogP contribution in [0.25, 0.3) is 11.1 Å². The molecular formula is C12H13NOS. The summed E-state index contributed by atoms with van der Waals surface area (Å²) in [4.78, 5) is 1.16. The average Bonchev–Trinajstić information content (AvgIpc) is 2.76. The number of aliphatic hydroxyl groups is 1. The van der Waals surface area contributed by atoms with Gasteiger partial charge in [0, 0.05) is 11.4 Å². The lowest BCUT2D eigenvalue weighted by atomic mass is 10.0. The fourth-order valence-electron chi connectivity index (χ4n) is 1.66. The van der Waals surface area contributed by atoms with E-state index in [-0.39, 0.29) is 6.61 Å². The number of rotatable bonds is 3. The number of aliphatic hydroxyl groups excluding tert-OH is 1. The number of hydrogen-bond donors (Lipinski definition) is 2. The number of thiophene rings is 1. The van der Waals surface area contributed by atoms with Crippen molar-refractivity contribution in [1.82, 2.24) is 0 Å². The van der Waals surface area contributed by atoms with E-state index in [1.807, 2.05) is 29.6 Å². The third-order valence-electron chi connectivity index (χ3n) is 2.41. The molecule has 3 heteroatoms. The molecule has 0 unspecified atom stereocenters. The van der Waals surface area contributed by atoms with Crippen LogP contribution in [-0.4, -0.2) is 5.11 Å². The molecule has 0 atom stereocenters. The van der Waals surface area contributed by atoms with Gasteiger partial charge in [-0.2, -0.15) is 0 Å². The minimum absolute atomic E-state index is 0.0655. The van der Waals surface area contributed by atoms with Gasteiger partial charge in [0.1, 0.15) is 0 Å². The first-order valence-corrected chi connectivity index (χ1v) is 5.70. The quantitative estimate of drug-likeness (QED) is 0.832. The molecule has 3 N–H and O–H groups in total. The lowest BCUT2D eigenvalue weighted by Crippen LogP contribution is -1.96. The van der Waals surface area contributed by atoms with Crippen LogP contribution in [0.5, 0.6) is 0 Å². The normalized spacial score (nSPS) is 10.5. The maximum Gasteiger partial charge on any atom is 0.0687 e. The van der Waals surface area contributed by atoms with Crippen LogP contribution in [0.3, 0.4) is 0 Å². The van der Waals surface area contributed by atoms with Gasteiger partial charge < -0.3 is 10.8 Å². The Morgan fingerprint density at radius 3 is 2.67 bits per heavy atom. The van der Waals surface area contributed by atoms with Crippen LogP contribution in [-0.2, 0) is 13.2 Å². The Hall–Kier alpha value is -1.16. The summed E-state index contributed by atoms with van der Waals surface area (Å²) >= 11 is 1.66. The lowest BCUT2D eigenvalue weighted by Gasteiger charge is -2.07. The van der Waals surface area contributed by atoms with E-state index in [1.54, 1.807) is 11.3 Å². The summed E-state index contributed by atoms with van der Waals surface area (Å²) in [6.07, 6.45) is 0. The van der Waals surface area contributed by atoms with Crippen molar-refractivity contribution >= 4 is 11.3 Å². The first-order valence-electron chi connectivity index (χ1n) is 4.82. The van der Waals surface area contributed by atoms with E-state index in [0.717, 1.165) is 21.6 Å². The smallest absolute Gasteiger partial charge is 0.0687 e. The van der Waals surface area contributed by atoms with Crippen LogP contribution >= 0.6 is 11.3 Å². The van der Waals surface area contributed by atoms with E-state index >= 15 is 0 Å². The number of hydrogen-bond acceptors (Lipinski definition) is 3. The van der Waals surface area contributed by atoms with Crippen LogP contribution in [0.2, 0.25) is 0 Å². The Labute approximate surface area is 93.0 Å². The van der Waals surface area contributed by atoms with Gasteiger partial charge in [-0.1, -0.05) is 24.3 Å². The van der Waals surface area contributed by atoms with Crippen LogP contribution < -0.4 is 5.73 Å². The summed E-state index contributed by atoms with van der Waals surface area (Å²) in [7, 11) is 0. The predicted octanol–water partition coefficient (Wildman–Crippen LogP) is 2.37. The monoisotopic (exact) mass is 219 g/mol. The first kappa shape index (κ1) is 10.4. The maximum absolute atomic E-state index is 9.25. The molecule has 0 aliphatic heterocycles. The Balaban J connectivity index is 2.53. The third-order valence-corrected chi connectivity index (χ3v) is 3.35. The van der Waals surface area contributed by atoms with Crippen molar-refractivity contribution in [1.29, 1.82) is 0 Å². The van der Waals surface area contributed by atoms with E-state index in [1.165, 1.54) is 0 Å². The second-order valence-electron chi connectivity index (χ2n) is 3.28. The van der Waals surface area contributed by atoms with E-state index in [9.17, 15) is 5.11 Å². The lowest BCUT2D eigenvalue weighted by molar-refractivity contribution is 0.282. The highest BCUT2D eigenvalue weighted by atomic mass is 32.1. The third kappa shape index (κ3) is 1.95. The molecule has 1 aromatic heterocycles. The zero-order chi connectivity index (χ0) is 10.7. The number of nitrogens with two attached hydrogens (primary N) is 1. The van der Waals surface area contributed by atoms with Crippen molar-refractivity contribution in [2.45, 2.75) is 13.2 Å². The van der Waals surface area contributed by atoms with Gasteiger partial charge in [0.15, 0.2) is 0 Å². The Kier molecular flexibility index (Phi) is 3.16. The molecule has 0 aliphatic rings. The molecule has 0 saturated heterocycles. The molecule has 78 valence electrons. The van der Waals surface area contributed by atoms with Gasteiger partial charge in [-0.3, -0.25) is 0 Å². The molecule has 2 aromatic rings. The van der Waals surface area contributed by atoms with Crippen molar-refractivity contribution in [3.63, 3.8) is 0 Å². The molecule has 0 bridgehead atoms. The van der Waals surface area contributed by atoms with Gasteiger partial charge in [-0.15, -0.1) is 11.3 Å². The van der Waals surface area contributed by atoms with E-state index in [0.29, 0.717) is 6.54 Å². The zero-order valence-electron chi connectivity index (χ0n) is 8.31. The fraction of sp³-hybridized carbons (Fsp3) is 0.167. The van der Waals surface area contributed by atoms with Crippen molar-refractivity contribution in [2.75, 3.05) is 0 Å². The topological polar surface area (TPSA) is 46.2 Å². The largest absolute Gasteiger partial charge is 0.392 e. The van der Waals surface area contributed by atoms with Gasteiger partial charge in [-0.25, -0.2) is 0 Å². The van der Waals surface area contributed by atoms with Crippen molar-refractivity contribution in [3.8, 4) is 11.1 Å². The minimum atomic E-state index is 0.0655. The van der Waals surface area contributed by atoms with Crippen LogP contribution in [0.1, 0.15) is 10.4 Å². The van der Waals surface area contributed by atoms with E-state index in [4.69, 9.17) is 5.73 Å². The second kappa shape index (κ2) is 4.57. The summed E-state index contributed by atoms with van der Waals surface area (Å²) in [6.45, 7) is 0.614. The molecule has 0 radical (unpaired) electrons. The molecule has 15 heavy (non-hydrogen) atoms. The highest BCUT2D eigenvalue weighted by Crippen LogP contribution is 2.30. The zero-order valence-corrected chi connectivity index (χ0v) is 9.13. The van der Waals surface area contributed by atoms with Crippen LogP contribution in [0.15, 0.2) is 35.7 Å². The molecule has 0 spiro atoms. The molecule has 1 heterocycles. The highest BCUT2D eigenvalue weighted by molar-refractivity contribution is 7.10. The highest BCUT2D eigenvalue weighted by Gasteiger charge is 2.08. The summed E-state index contributed by atoms with van der Waals surface area (Å²) in [5, 5.41) is 11.3. The van der Waals surface area contributed by atoms with Gasteiger partial charge in [0.05, 0.1) is 6.61 Å². The average molecular weight is 219 g/mol. The van der Waals surface area contributed by atoms with Gasteiger partial charge in [0.2, 0.25) is 0 Å². The molecule has 1 aromatic carbocycles. The summed E-state index contributed by atoms with van der Waals surface area (Å²) in [5.74, 6) is 0. The van der Waals surface area contributed by atoms with Crippen molar-refractivity contribution in [3.05, 3.63) is 46.2 Å². The van der Waals surface area contributed by atoms with Gasteiger partial charge in [-0.05, 0) is 28.1 Å². The summed E-state index contributed by atoms with van der Waals surface area (Å²) in [6, 6.07) is 9.93. The second-order valence-corrected chi connectivity index (χ2v) is 4.28. The minimum Gasteiger partial charge on any atom is -0.392 e. The molecular weight excluding hydrogens is 206 g/mol.